The molecule has 3 N–H and O–H groups in total. The van der Waals surface area contributed by atoms with Crippen molar-refractivity contribution < 1.29 is 24.2 Å². The van der Waals surface area contributed by atoms with Gasteiger partial charge in [0.05, 0.1) is 23.0 Å². The highest BCUT2D eigenvalue weighted by Crippen LogP contribution is 2.46. The Morgan fingerprint density at radius 1 is 1.12 bits per heavy atom. The van der Waals surface area contributed by atoms with E-state index in [0.29, 0.717) is 61.7 Å². The number of hydrogen-bond donors (Lipinski definition) is 2. The van der Waals surface area contributed by atoms with Crippen molar-refractivity contribution in [3.63, 3.8) is 0 Å². The van der Waals surface area contributed by atoms with Crippen LogP contribution in [0.2, 0.25) is 0 Å². The Morgan fingerprint density at radius 2 is 1.94 bits per heavy atom. The fourth-order valence-corrected chi connectivity index (χ4v) is 7.54. The van der Waals surface area contributed by atoms with Crippen LogP contribution >= 0.6 is 11.6 Å². The third-order valence-electron chi connectivity index (χ3n) is 9.79. The molecule has 0 radical (unpaired) electrons. The number of anilines is 2. The zero-order valence-electron chi connectivity index (χ0n) is 27.1. The SMILES string of the molecule is COC1C=C2C(=O)N3C=C(c4ccc(N)cc4)C[C@H]3C=NC2=CC1OCCCCC(=O)N1C[C@@H](CCl)c2c1cc(O)c1cccc(C)c21. The molecule has 1 aliphatic carbocycles. The van der Waals surface area contributed by atoms with Crippen molar-refractivity contribution in [2.24, 2.45) is 4.99 Å². The monoisotopic (exact) mass is 666 g/mol. The smallest absolute Gasteiger partial charge is 0.260 e. The van der Waals surface area contributed by atoms with Gasteiger partial charge in [0.2, 0.25) is 5.91 Å². The number of alkyl halides is 1. The number of carbonyl (C=O) groups is 2. The number of nitrogens with zero attached hydrogens (tertiary/aromatic N) is 3. The lowest BCUT2D eigenvalue weighted by Crippen LogP contribution is -2.36. The van der Waals surface area contributed by atoms with Gasteiger partial charge in [-0.1, -0.05) is 30.3 Å². The molecule has 2 amide bonds. The van der Waals surface area contributed by atoms with E-state index in [-0.39, 0.29) is 29.5 Å². The maximum absolute atomic E-state index is 13.7. The lowest BCUT2D eigenvalue weighted by Gasteiger charge is -2.27. The van der Waals surface area contributed by atoms with Crippen molar-refractivity contribution in [1.82, 2.24) is 4.90 Å². The molecular formula is C38H39ClN4O5. The molecule has 7 rings (SSSR count). The highest BCUT2D eigenvalue weighted by Gasteiger charge is 2.38. The molecule has 48 heavy (non-hydrogen) atoms. The van der Waals surface area contributed by atoms with Gasteiger partial charge in [0.25, 0.3) is 5.91 Å². The normalized spacial score (nSPS) is 23.0. The molecule has 4 aliphatic rings. The number of hydrogen-bond acceptors (Lipinski definition) is 7. The molecule has 0 saturated carbocycles. The van der Waals surface area contributed by atoms with Gasteiger partial charge in [-0.05, 0) is 71.7 Å². The number of amides is 2. The van der Waals surface area contributed by atoms with E-state index >= 15 is 0 Å². The minimum Gasteiger partial charge on any atom is -0.507 e. The zero-order chi connectivity index (χ0) is 33.5. The van der Waals surface area contributed by atoms with E-state index in [1.807, 2.05) is 67.9 Å². The zero-order valence-corrected chi connectivity index (χ0v) is 27.8. The highest BCUT2D eigenvalue weighted by molar-refractivity contribution is 6.19. The molecule has 2 unspecified atom stereocenters. The predicted molar refractivity (Wildman–Crippen MR) is 189 cm³/mol. The summed E-state index contributed by atoms with van der Waals surface area (Å²) < 4.78 is 12.0. The Balaban J connectivity index is 0.969. The summed E-state index contributed by atoms with van der Waals surface area (Å²) in [6.45, 7) is 2.93. The van der Waals surface area contributed by atoms with Gasteiger partial charge >= 0.3 is 0 Å². The molecule has 0 aromatic heterocycles. The Kier molecular flexibility index (Phi) is 8.85. The number of nitrogen functional groups attached to an aromatic ring is 1. The number of phenols is 1. The van der Waals surface area contributed by atoms with Crippen LogP contribution in [0, 0.1) is 6.92 Å². The summed E-state index contributed by atoms with van der Waals surface area (Å²) in [4.78, 5) is 35.3. The van der Waals surface area contributed by atoms with E-state index in [0.717, 1.165) is 38.7 Å². The number of halogens is 1. The number of nitrogens with two attached hydrogens (primary N) is 1. The molecule has 3 aliphatic heterocycles. The molecule has 0 fully saturated rings. The molecular weight excluding hydrogens is 628 g/mol. The number of aromatic hydroxyl groups is 1. The van der Waals surface area contributed by atoms with Gasteiger partial charge in [0.1, 0.15) is 18.0 Å². The molecule has 4 atom stereocenters. The average Bonchev–Trinajstić information content (AvgIpc) is 3.66. The van der Waals surface area contributed by atoms with Crippen LogP contribution in [-0.4, -0.2) is 72.4 Å². The molecule has 9 nitrogen and oxygen atoms in total. The van der Waals surface area contributed by atoms with E-state index in [2.05, 4.69) is 0 Å². The first-order chi connectivity index (χ1) is 23.3. The average molecular weight is 667 g/mol. The second-order valence-corrected chi connectivity index (χ2v) is 13.2. The van der Waals surface area contributed by atoms with Gasteiger partial charge < -0.3 is 30.1 Å². The first-order valence-electron chi connectivity index (χ1n) is 16.4. The Hall–Kier alpha value is -4.44. The molecule has 0 bridgehead atoms. The number of aliphatic imine (C=N–C) groups is 1. The molecule has 3 heterocycles. The number of unbranched alkanes of at least 4 members (excludes halogenated alkanes) is 1. The lowest BCUT2D eigenvalue weighted by atomic mass is 9.92. The van der Waals surface area contributed by atoms with Gasteiger partial charge in [0.15, 0.2) is 0 Å². The molecule has 3 aromatic carbocycles. The third-order valence-corrected chi connectivity index (χ3v) is 10.2. The van der Waals surface area contributed by atoms with Crippen molar-refractivity contribution in [1.29, 1.82) is 0 Å². The van der Waals surface area contributed by atoms with E-state index in [1.54, 1.807) is 29.1 Å². The summed E-state index contributed by atoms with van der Waals surface area (Å²) in [6.07, 6.45) is 8.83. The molecule has 3 aromatic rings. The largest absolute Gasteiger partial charge is 0.507 e. The number of carbonyl (C=O) groups excluding carboxylic acids is 2. The van der Waals surface area contributed by atoms with E-state index in [9.17, 15) is 14.7 Å². The summed E-state index contributed by atoms with van der Waals surface area (Å²) in [5.41, 5.74) is 12.6. The van der Waals surface area contributed by atoms with Crippen LogP contribution in [0.25, 0.3) is 16.3 Å². The minimum absolute atomic E-state index is 0.00113. The maximum atomic E-state index is 13.7. The second kappa shape index (κ2) is 13.2. The minimum atomic E-state index is -0.455. The number of benzene rings is 3. The van der Waals surface area contributed by atoms with Crippen LogP contribution in [-0.2, 0) is 19.1 Å². The van der Waals surface area contributed by atoms with Gasteiger partial charge in [-0.2, -0.15) is 0 Å². The molecule has 0 saturated heterocycles. The predicted octanol–water partition coefficient (Wildman–Crippen LogP) is 6.23. The van der Waals surface area contributed by atoms with Crippen LogP contribution in [0.15, 0.2) is 83.1 Å². The number of aryl methyl sites for hydroxylation is 1. The lowest BCUT2D eigenvalue weighted by molar-refractivity contribution is -0.124. The third kappa shape index (κ3) is 5.80. The summed E-state index contributed by atoms with van der Waals surface area (Å²) in [6, 6.07) is 15.0. The highest BCUT2D eigenvalue weighted by atomic mass is 35.5. The molecule has 10 heteroatoms. The van der Waals surface area contributed by atoms with Crippen molar-refractivity contribution in [3.05, 3.63) is 94.8 Å². The van der Waals surface area contributed by atoms with Gasteiger partial charge in [-0.15, -0.1) is 11.6 Å². The van der Waals surface area contributed by atoms with E-state index in [1.165, 1.54) is 0 Å². The van der Waals surface area contributed by atoms with Crippen LogP contribution in [0.4, 0.5) is 11.4 Å². The Bertz CT molecular complexity index is 1900. The summed E-state index contributed by atoms with van der Waals surface area (Å²) in [7, 11) is 1.60. The quantitative estimate of drug-likeness (QED) is 0.159. The summed E-state index contributed by atoms with van der Waals surface area (Å²) in [5, 5.41) is 12.6. The van der Waals surface area contributed by atoms with Gasteiger partial charge in [-0.25, -0.2) is 0 Å². The fourth-order valence-electron chi connectivity index (χ4n) is 7.29. The van der Waals surface area contributed by atoms with Crippen molar-refractivity contribution in [2.45, 2.75) is 56.8 Å². The van der Waals surface area contributed by atoms with Crippen molar-refractivity contribution in [3.8, 4) is 5.75 Å². The summed E-state index contributed by atoms with van der Waals surface area (Å²) >= 11 is 6.39. The van der Waals surface area contributed by atoms with Crippen molar-refractivity contribution in [2.75, 3.05) is 36.8 Å². The number of phenolic OH excluding ortho intramolecular Hbond substituents is 1. The number of methoxy groups -OCH3 is 1. The van der Waals surface area contributed by atoms with Gasteiger partial charge in [0, 0.05) is 74.5 Å². The topological polar surface area (TPSA) is 118 Å². The fraction of sp³-hybridized carbons (Fsp3) is 0.342. The number of fused-ring (bicyclic) bond motifs is 5. The molecule has 0 spiro atoms. The Labute approximate surface area is 285 Å². The van der Waals surface area contributed by atoms with Crippen LogP contribution in [0.5, 0.6) is 5.75 Å². The first kappa shape index (κ1) is 32.1. The molecule has 248 valence electrons. The first-order valence-corrected chi connectivity index (χ1v) is 16.9. The van der Waals surface area contributed by atoms with Crippen LogP contribution in [0.3, 0.4) is 0 Å². The van der Waals surface area contributed by atoms with Crippen LogP contribution in [0.1, 0.15) is 48.3 Å². The number of ether oxygens (including phenoxy) is 2. The van der Waals surface area contributed by atoms with E-state index in [4.69, 9.17) is 31.8 Å². The second-order valence-electron chi connectivity index (χ2n) is 12.8. The van der Waals surface area contributed by atoms with E-state index < -0.39 is 12.2 Å². The number of rotatable bonds is 9. The van der Waals surface area contributed by atoms with Crippen LogP contribution < -0.4 is 10.6 Å². The maximum Gasteiger partial charge on any atom is 0.260 e. The standard InChI is InChI=1S/C38H39ClN4O5/c1-22-6-5-7-28-32(44)17-31-37(36(22)28)25(18-39)21-43(31)35(45)8-3-4-13-48-34-16-30-29(15-33(34)47-2)38(46)42-20-24(14-27(42)19-41-30)23-9-11-26(40)12-10-23/h5-7,9-12,15-17,19-20,25,27,33-34,44H,3-4,8,13-14,18,21,40H2,1-2H3/t25-,27+,33?,34?/m1/s1. The summed E-state index contributed by atoms with van der Waals surface area (Å²) in [5.74, 6) is 0.434. The van der Waals surface area contributed by atoms with Gasteiger partial charge in [-0.3, -0.25) is 14.6 Å². The Morgan fingerprint density at radius 3 is 2.71 bits per heavy atom. The van der Waals surface area contributed by atoms with Crippen molar-refractivity contribution >= 4 is 57.4 Å².